The monoisotopic (exact) mass is 311 g/mol. The summed E-state index contributed by atoms with van der Waals surface area (Å²) in [5, 5.41) is 0. The molecule has 2 rings (SSSR count). The van der Waals surface area contributed by atoms with E-state index in [1.807, 2.05) is 0 Å². The van der Waals surface area contributed by atoms with Crippen LogP contribution in [0, 0.1) is 0 Å². The maximum absolute atomic E-state index is 12.4. The van der Waals surface area contributed by atoms with Gasteiger partial charge in [-0.05, 0) is 19.1 Å². The fraction of sp³-hybridized carbons (Fsp3) is 0.357. The van der Waals surface area contributed by atoms with Crippen molar-refractivity contribution in [3.63, 3.8) is 0 Å². The molecule has 21 heavy (non-hydrogen) atoms. The SMILES string of the molecule is C=C(C)CS(=O)(=O)N1CCOc2c(C(=O)OC)cccc21. The van der Waals surface area contributed by atoms with Crippen molar-refractivity contribution in [3.05, 3.63) is 35.9 Å². The Bertz CT molecular complexity index is 681. The van der Waals surface area contributed by atoms with Crippen molar-refractivity contribution in [1.29, 1.82) is 0 Å². The first-order valence-corrected chi connectivity index (χ1v) is 7.96. The summed E-state index contributed by atoms with van der Waals surface area (Å²) in [5.41, 5.74) is 1.11. The number of nitrogens with zero attached hydrogens (tertiary/aromatic N) is 1. The fourth-order valence-corrected chi connectivity index (χ4v) is 3.75. The number of anilines is 1. The van der Waals surface area contributed by atoms with Gasteiger partial charge in [-0.25, -0.2) is 13.2 Å². The van der Waals surface area contributed by atoms with Gasteiger partial charge < -0.3 is 9.47 Å². The number of methoxy groups -OCH3 is 1. The molecule has 0 radical (unpaired) electrons. The number of esters is 1. The van der Waals surface area contributed by atoms with Crippen LogP contribution in [0.3, 0.4) is 0 Å². The van der Waals surface area contributed by atoms with Crippen LogP contribution in [-0.4, -0.2) is 40.4 Å². The van der Waals surface area contributed by atoms with E-state index in [-0.39, 0.29) is 30.2 Å². The molecule has 0 saturated carbocycles. The number of benzene rings is 1. The zero-order valence-electron chi connectivity index (χ0n) is 12.0. The Labute approximate surface area is 124 Å². The average molecular weight is 311 g/mol. The van der Waals surface area contributed by atoms with Crippen LogP contribution in [0.2, 0.25) is 0 Å². The molecule has 0 N–H and O–H groups in total. The third-order valence-corrected chi connectivity index (χ3v) is 4.88. The van der Waals surface area contributed by atoms with Gasteiger partial charge in [0, 0.05) is 0 Å². The molecular formula is C14H17NO5S. The van der Waals surface area contributed by atoms with Crippen molar-refractivity contribution >= 4 is 21.7 Å². The third-order valence-electron chi connectivity index (χ3n) is 2.97. The number of sulfonamides is 1. The smallest absolute Gasteiger partial charge is 0.341 e. The minimum Gasteiger partial charge on any atom is -0.489 e. The van der Waals surface area contributed by atoms with Crippen LogP contribution in [0.25, 0.3) is 0 Å². The van der Waals surface area contributed by atoms with E-state index in [2.05, 4.69) is 11.3 Å². The van der Waals surface area contributed by atoms with Gasteiger partial charge in [-0.3, -0.25) is 4.31 Å². The van der Waals surface area contributed by atoms with Gasteiger partial charge in [-0.1, -0.05) is 18.2 Å². The molecule has 114 valence electrons. The molecule has 0 fully saturated rings. The molecule has 0 aromatic heterocycles. The quantitative estimate of drug-likeness (QED) is 0.623. The van der Waals surface area contributed by atoms with Gasteiger partial charge in [0.2, 0.25) is 10.0 Å². The van der Waals surface area contributed by atoms with Crippen molar-refractivity contribution in [1.82, 2.24) is 0 Å². The van der Waals surface area contributed by atoms with Crippen LogP contribution >= 0.6 is 0 Å². The highest BCUT2D eigenvalue weighted by Gasteiger charge is 2.31. The minimum absolute atomic E-state index is 0.144. The van der Waals surface area contributed by atoms with E-state index in [1.54, 1.807) is 25.1 Å². The first kappa shape index (κ1) is 15.4. The lowest BCUT2D eigenvalue weighted by Gasteiger charge is -2.31. The lowest BCUT2D eigenvalue weighted by Crippen LogP contribution is -2.39. The molecule has 1 heterocycles. The van der Waals surface area contributed by atoms with Crippen LogP contribution in [-0.2, 0) is 14.8 Å². The molecule has 1 aliphatic heterocycles. The molecular weight excluding hydrogens is 294 g/mol. The minimum atomic E-state index is -3.54. The van der Waals surface area contributed by atoms with E-state index < -0.39 is 16.0 Å². The van der Waals surface area contributed by atoms with E-state index in [0.29, 0.717) is 11.3 Å². The maximum Gasteiger partial charge on any atom is 0.341 e. The standard InChI is InChI=1S/C14H17NO5S/c1-10(2)9-21(17,18)15-7-8-20-13-11(14(16)19-3)5-4-6-12(13)15/h4-6H,1,7-9H2,2-3H3. The molecule has 1 aromatic carbocycles. The summed E-state index contributed by atoms with van der Waals surface area (Å²) < 4.78 is 36.2. The molecule has 0 saturated heterocycles. The fourth-order valence-electron chi connectivity index (χ4n) is 2.17. The average Bonchev–Trinajstić information content (AvgIpc) is 2.43. The van der Waals surface area contributed by atoms with Crippen LogP contribution in [0.4, 0.5) is 5.69 Å². The predicted octanol–water partition coefficient (Wildman–Crippen LogP) is 1.58. The summed E-state index contributed by atoms with van der Waals surface area (Å²) in [4.78, 5) is 11.7. The molecule has 0 aliphatic carbocycles. The summed E-state index contributed by atoms with van der Waals surface area (Å²) in [6.45, 7) is 5.67. The van der Waals surface area contributed by atoms with Crippen molar-refractivity contribution in [2.24, 2.45) is 0 Å². The molecule has 6 nitrogen and oxygen atoms in total. The molecule has 1 aliphatic rings. The largest absolute Gasteiger partial charge is 0.489 e. The molecule has 7 heteroatoms. The molecule has 0 amide bonds. The summed E-state index contributed by atoms with van der Waals surface area (Å²) in [6, 6.07) is 4.75. The molecule has 0 atom stereocenters. The summed E-state index contributed by atoms with van der Waals surface area (Å²) in [7, 11) is -2.28. The first-order chi connectivity index (χ1) is 9.86. The normalized spacial score (nSPS) is 14.1. The second-order valence-corrected chi connectivity index (χ2v) is 6.67. The highest BCUT2D eigenvalue weighted by Crippen LogP contribution is 2.37. The van der Waals surface area contributed by atoms with Crippen LogP contribution in [0.15, 0.2) is 30.4 Å². The van der Waals surface area contributed by atoms with E-state index >= 15 is 0 Å². The zero-order chi connectivity index (χ0) is 15.6. The van der Waals surface area contributed by atoms with E-state index in [4.69, 9.17) is 4.74 Å². The zero-order valence-corrected chi connectivity index (χ0v) is 12.8. The Hall–Kier alpha value is -2.02. The van der Waals surface area contributed by atoms with Gasteiger partial charge in [0.15, 0.2) is 5.75 Å². The third kappa shape index (κ3) is 3.02. The van der Waals surface area contributed by atoms with E-state index in [9.17, 15) is 13.2 Å². The first-order valence-electron chi connectivity index (χ1n) is 6.35. The molecule has 0 bridgehead atoms. The number of hydrogen-bond donors (Lipinski definition) is 0. The Kier molecular flexibility index (Phi) is 4.22. The molecule has 0 spiro atoms. The second kappa shape index (κ2) is 5.77. The lowest BCUT2D eigenvalue weighted by molar-refractivity contribution is 0.0596. The topological polar surface area (TPSA) is 72.9 Å². The number of rotatable bonds is 4. The van der Waals surface area contributed by atoms with Crippen molar-refractivity contribution in [2.45, 2.75) is 6.92 Å². The number of fused-ring (bicyclic) bond motifs is 1. The highest BCUT2D eigenvalue weighted by atomic mass is 32.2. The second-order valence-electron chi connectivity index (χ2n) is 4.78. The summed E-state index contributed by atoms with van der Waals surface area (Å²) >= 11 is 0. The van der Waals surface area contributed by atoms with Gasteiger partial charge in [0.05, 0.1) is 25.1 Å². The number of carbonyl (C=O) groups is 1. The Morgan fingerprint density at radius 1 is 1.48 bits per heavy atom. The Morgan fingerprint density at radius 2 is 2.19 bits per heavy atom. The Balaban J connectivity index is 2.50. The molecule has 1 aromatic rings. The van der Waals surface area contributed by atoms with Crippen molar-refractivity contribution in [2.75, 3.05) is 30.3 Å². The van der Waals surface area contributed by atoms with Crippen molar-refractivity contribution in [3.8, 4) is 5.75 Å². The van der Waals surface area contributed by atoms with Crippen molar-refractivity contribution < 1.29 is 22.7 Å². The van der Waals surface area contributed by atoms with Crippen LogP contribution in [0.5, 0.6) is 5.75 Å². The van der Waals surface area contributed by atoms with Crippen LogP contribution < -0.4 is 9.04 Å². The summed E-state index contributed by atoms with van der Waals surface area (Å²) in [5.74, 6) is -0.471. The predicted molar refractivity (Wildman–Crippen MR) is 79.2 cm³/mol. The Morgan fingerprint density at radius 3 is 2.81 bits per heavy atom. The molecule has 0 unspecified atom stereocenters. The summed E-state index contributed by atoms with van der Waals surface area (Å²) in [6.07, 6.45) is 0. The number of para-hydroxylation sites is 1. The number of hydrogen-bond acceptors (Lipinski definition) is 5. The van der Waals surface area contributed by atoms with Gasteiger partial charge in [0.1, 0.15) is 12.2 Å². The van der Waals surface area contributed by atoms with Crippen LogP contribution in [0.1, 0.15) is 17.3 Å². The van der Waals surface area contributed by atoms with Gasteiger partial charge in [-0.2, -0.15) is 0 Å². The van der Waals surface area contributed by atoms with E-state index in [0.717, 1.165) is 0 Å². The highest BCUT2D eigenvalue weighted by molar-refractivity contribution is 7.93. The van der Waals surface area contributed by atoms with Gasteiger partial charge >= 0.3 is 5.97 Å². The maximum atomic E-state index is 12.4. The van der Waals surface area contributed by atoms with Gasteiger partial charge in [-0.15, -0.1) is 0 Å². The number of ether oxygens (including phenoxy) is 2. The van der Waals surface area contributed by atoms with Gasteiger partial charge in [0.25, 0.3) is 0 Å². The lowest BCUT2D eigenvalue weighted by atomic mass is 10.1. The van der Waals surface area contributed by atoms with E-state index in [1.165, 1.54) is 11.4 Å². The number of carbonyl (C=O) groups excluding carboxylic acids is 1.